The number of nitrogens with two attached hydrogens (primary N) is 1. The molecule has 6 heteroatoms. The number of ketones is 1. The molecule has 0 aromatic heterocycles. The summed E-state index contributed by atoms with van der Waals surface area (Å²) >= 11 is 0. The maximum absolute atomic E-state index is 12.6. The van der Waals surface area contributed by atoms with Crippen molar-refractivity contribution in [2.45, 2.75) is 19.8 Å². The van der Waals surface area contributed by atoms with Crippen LogP contribution in [0.4, 0.5) is 10.5 Å². The molecule has 0 unspecified atom stereocenters. The molecular formula is C17H28N3O3+. The lowest BCUT2D eigenvalue weighted by Crippen LogP contribution is -2.44. The summed E-state index contributed by atoms with van der Waals surface area (Å²) in [4.78, 5) is 25.5. The summed E-state index contributed by atoms with van der Waals surface area (Å²) in [5, 5.41) is 0. The van der Waals surface area contributed by atoms with Crippen LogP contribution in [0.1, 0.15) is 30.1 Å². The molecule has 128 valence electrons. The number of nitrogens with zero attached hydrogens (tertiary/aromatic N) is 2. The van der Waals surface area contributed by atoms with Gasteiger partial charge in [-0.05, 0) is 18.6 Å². The van der Waals surface area contributed by atoms with Crippen LogP contribution < -0.4 is 10.5 Å². The van der Waals surface area contributed by atoms with Crippen LogP contribution >= 0.6 is 0 Å². The molecule has 0 saturated heterocycles. The molecular weight excluding hydrogens is 294 g/mol. The molecule has 0 aliphatic carbocycles. The second kappa shape index (κ2) is 7.97. The molecule has 0 fully saturated rings. The van der Waals surface area contributed by atoms with Gasteiger partial charge in [0.05, 0.1) is 31.9 Å². The number of ether oxygens (including phenoxy) is 1. The fourth-order valence-electron chi connectivity index (χ4n) is 2.20. The van der Waals surface area contributed by atoms with Gasteiger partial charge in [-0.1, -0.05) is 19.4 Å². The summed E-state index contributed by atoms with van der Waals surface area (Å²) in [5.41, 5.74) is 6.64. The number of hydrogen-bond acceptors (Lipinski definition) is 4. The van der Waals surface area contributed by atoms with Crippen molar-refractivity contribution in [3.05, 3.63) is 23.8 Å². The molecule has 1 aromatic rings. The number of hydrogen-bond donors (Lipinski definition) is 1. The van der Waals surface area contributed by atoms with Crippen molar-refractivity contribution < 1.29 is 18.8 Å². The minimum atomic E-state index is -0.527. The van der Waals surface area contributed by atoms with Crippen molar-refractivity contribution in [3.63, 3.8) is 0 Å². The van der Waals surface area contributed by atoms with E-state index >= 15 is 0 Å². The van der Waals surface area contributed by atoms with E-state index in [0.29, 0.717) is 16.6 Å². The van der Waals surface area contributed by atoms with Crippen LogP contribution in [0.25, 0.3) is 0 Å². The lowest BCUT2D eigenvalue weighted by Gasteiger charge is -2.29. The summed E-state index contributed by atoms with van der Waals surface area (Å²) in [5.74, 6) is 0.166. The first-order valence-electron chi connectivity index (χ1n) is 7.80. The monoisotopic (exact) mass is 322 g/mol. The SMILES string of the molecule is CCCC[N+](C)(C)CC(=O)c1cccc(OC(=O)N(C)C)c1N. The van der Waals surface area contributed by atoms with Gasteiger partial charge in [-0.25, -0.2) is 4.79 Å². The molecule has 0 saturated carbocycles. The summed E-state index contributed by atoms with van der Waals surface area (Å²) in [6.07, 6.45) is 1.63. The quantitative estimate of drug-likeness (QED) is 0.475. The number of rotatable bonds is 7. The molecule has 0 bridgehead atoms. The third-order valence-electron chi connectivity index (χ3n) is 3.62. The van der Waals surface area contributed by atoms with E-state index in [1.165, 1.54) is 4.90 Å². The normalized spacial score (nSPS) is 11.2. The molecule has 2 N–H and O–H groups in total. The Kier molecular flexibility index (Phi) is 6.57. The Morgan fingerprint density at radius 2 is 1.91 bits per heavy atom. The van der Waals surface area contributed by atoms with Crippen LogP contribution in [-0.4, -0.2) is 62.5 Å². The predicted molar refractivity (Wildman–Crippen MR) is 91.6 cm³/mol. The zero-order valence-electron chi connectivity index (χ0n) is 14.8. The van der Waals surface area contributed by atoms with Gasteiger partial charge in [0.2, 0.25) is 5.78 Å². The second-order valence-corrected chi connectivity index (χ2v) is 6.57. The minimum Gasteiger partial charge on any atom is -0.408 e. The Balaban J connectivity index is 2.92. The lowest BCUT2D eigenvalue weighted by atomic mass is 10.1. The molecule has 0 heterocycles. The Labute approximate surface area is 138 Å². The van der Waals surface area contributed by atoms with E-state index in [2.05, 4.69) is 6.92 Å². The van der Waals surface area contributed by atoms with Gasteiger partial charge in [-0.2, -0.15) is 0 Å². The standard InChI is InChI=1S/C17H27N3O3/c1-6-7-11-20(4,5)12-14(21)13-9-8-10-15(16(13)18)23-17(22)19(2)3/h8-10H,6-7,11-12H2,1-5H3,(H-,18,21)/p+1. The highest BCUT2D eigenvalue weighted by molar-refractivity contribution is 6.02. The Bertz CT molecular complexity index is 568. The molecule has 1 rings (SSSR count). The first kappa shape index (κ1) is 19.0. The molecule has 0 aliphatic rings. The van der Waals surface area contributed by atoms with E-state index in [4.69, 9.17) is 10.5 Å². The number of anilines is 1. The second-order valence-electron chi connectivity index (χ2n) is 6.57. The van der Waals surface area contributed by atoms with Crippen LogP contribution in [0.5, 0.6) is 5.75 Å². The summed E-state index contributed by atoms with van der Waals surface area (Å²) < 4.78 is 5.80. The van der Waals surface area contributed by atoms with Crippen LogP contribution in [0, 0.1) is 0 Å². The van der Waals surface area contributed by atoms with Crippen LogP contribution in [0.3, 0.4) is 0 Å². The molecule has 0 atom stereocenters. The molecule has 23 heavy (non-hydrogen) atoms. The van der Waals surface area contributed by atoms with E-state index < -0.39 is 6.09 Å². The van der Waals surface area contributed by atoms with Gasteiger partial charge in [0.25, 0.3) is 0 Å². The maximum atomic E-state index is 12.6. The fourth-order valence-corrected chi connectivity index (χ4v) is 2.20. The number of nitrogen functional groups attached to an aromatic ring is 1. The van der Waals surface area contributed by atoms with Gasteiger partial charge in [0, 0.05) is 14.1 Å². The number of Topliss-reactive ketones (excluding diaryl/α,β-unsaturated/α-hetero) is 1. The number of benzene rings is 1. The molecule has 1 amide bonds. The van der Waals surface area contributed by atoms with Crippen molar-refractivity contribution >= 4 is 17.6 Å². The first-order valence-corrected chi connectivity index (χ1v) is 7.80. The molecule has 0 aliphatic heterocycles. The molecule has 6 nitrogen and oxygen atoms in total. The Morgan fingerprint density at radius 3 is 2.48 bits per heavy atom. The third kappa shape index (κ3) is 5.56. The van der Waals surface area contributed by atoms with Crippen LogP contribution in [-0.2, 0) is 0 Å². The third-order valence-corrected chi connectivity index (χ3v) is 3.62. The minimum absolute atomic E-state index is 0.0497. The summed E-state index contributed by atoms with van der Waals surface area (Å²) in [7, 11) is 7.22. The van der Waals surface area contributed by atoms with Gasteiger partial charge in [-0.15, -0.1) is 0 Å². The maximum Gasteiger partial charge on any atom is 0.414 e. The van der Waals surface area contributed by atoms with E-state index in [0.717, 1.165) is 19.4 Å². The lowest BCUT2D eigenvalue weighted by molar-refractivity contribution is -0.882. The van der Waals surface area contributed by atoms with Gasteiger partial charge < -0.3 is 19.9 Å². The van der Waals surface area contributed by atoms with Gasteiger partial charge >= 0.3 is 6.09 Å². The zero-order valence-corrected chi connectivity index (χ0v) is 14.8. The Hall–Kier alpha value is -2.08. The number of carbonyl (C=O) groups is 2. The highest BCUT2D eigenvalue weighted by Gasteiger charge is 2.23. The molecule has 1 aromatic carbocycles. The van der Waals surface area contributed by atoms with Crippen LogP contribution in [0.2, 0.25) is 0 Å². The topological polar surface area (TPSA) is 72.6 Å². The average molecular weight is 322 g/mol. The predicted octanol–water partition coefficient (Wildman–Crippen LogP) is 2.39. The van der Waals surface area contributed by atoms with E-state index in [-0.39, 0.29) is 17.2 Å². The van der Waals surface area contributed by atoms with E-state index in [1.54, 1.807) is 32.3 Å². The fraction of sp³-hybridized carbons (Fsp3) is 0.529. The van der Waals surface area contributed by atoms with Crippen molar-refractivity contribution in [1.29, 1.82) is 0 Å². The molecule has 0 spiro atoms. The number of carbonyl (C=O) groups excluding carboxylic acids is 2. The average Bonchev–Trinajstić information content (AvgIpc) is 2.46. The van der Waals surface area contributed by atoms with E-state index in [9.17, 15) is 9.59 Å². The van der Waals surface area contributed by atoms with Gasteiger partial charge in [-0.3, -0.25) is 4.79 Å². The highest BCUT2D eigenvalue weighted by Crippen LogP contribution is 2.26. The number of likely N-dealkylation sites (N-methyl/N-ethyl adjacent to an activating group) is 1. The summed E-state index contributed by atoms with van der Waals surface area (Å²) in [6.45, 7) is 3.41. The molecule has 0 radical (unpaired) electrons. The Morgan fingerprint density at radius 1 is 1.26 bits per heavy atom. The van der Waals surface area contributed by atoms with Crippen LogP contribution in [0.15, 0.2) is 18.2 Å². The zero-order chi connectivity index (χ0) is 17.6. The number of unbranched alkanes of at least 4 members (excludes halogenated alkanes) is 1. The largest absolute Gasteiger partial charge is 0.414 e. The first-order chi connectivity index (χ1) is 10.7. The van der Waals surface area contributed by atoms with Gasteiger partial charge in [0.1, 0.15) is 6.54 Å². The van der Waals surface area contributed by atoms with Crippen molar-refractivity contribution in [3.8, 4) is 5.75 Å². The number of para-hydroxylation sites is 1. The van der Waals surface area contributed by atoms with Gasteiger partial charge in [0.15, 0.2) is 5.75 Å². The van der Waals surface area contributed by atoms with Crippen molar-refractivity contribution in [2.75, 3.05) is 47.0 Å². The van der Waals surface area contributed by atoms with E-state index in [1.807, 2.05) is 14.1 Å². The smallest absolute Gasteiger partial charge is 0.408 e. The highest BCUT2D eigenvalue weighted by atomic mass is 16.6. The number of amides is 1. The van der Waals surface area contributed by atoms with Crippen molar-refractivity contribution in [1.82, 2.24) is 4.90 Å². The number of quaternary nitrogens is 1. The van der Waals surface area contributed by atoms with Crippen molar-refractivity contribution in [2.24, 2.45) is 0 Å². The summed E-state index contributed by atoms with van der Waals surface area (Å²) in [6, 6.07) is 4.93.